The summed E-state index contributed by atoms with van der Waals surface area (Å²) in [5.41, 5.74) is 7.06. The highest BCUT2D eigenvalue weighted by atomic mass is 32.2. The van der Waals surface area contributed by atoms with E-state index in [4.69, 9.17) is 5.73 Å². The van der Waals surface area contributed by atoms with Crippen LogP contribution in [-0.2, 0) is 16.4 Å². The molecule has 1 aromatic heterocycles. The molecule has 0 saturated carbocycles. The molecule has 2 N–H and O–H groups in total. The second-order valence-electron chi connectivity index (χ2n) is 4.73. The molecule has 17 heavy (non-hydrogen) atoms. The lowest BCUT2D eigenvalue weighted by Crippen LogP contribution is -2.22. The summed E-state index contributed by atoms with van der Waals surface area (Å²) in [4.78, 5) is 0. The Balaban J connectivity index is 2.06. The maximum absolute atomic E-state index is 11.4. The number of hydrogen-bond acceptors (Lipinski definition) is 4. The van der Waals surface area contributed by atoms with E-state index in [-0.39, 0.29) is 23.5 Å². The van der Waals surface area contributed by atoms with Gasteiger partial charge in [-0.3, -0.25) is 4.68 Å². The van der Waals surface area contributed by atoms with Gasteiger partial charge < -0.3 is 5.73 Å². The van der Waals surface area contributed by atoms with Gasteiger partial charge in [-0.1, -0.05) is 6.92 Å². The van der Waals surface area contributed by atoms with Crippen molar-refractivity contribution in [1.29, 1.82) is 0 Å². The molecule has 1 saturated heterocycles. The first kappa shape index (κ1) is 12.6. The van der Waals surface area contributed by atoms with Crippen molar-refractivity contribution < 1.29 is 8.42 Å². The zero-order valence-corrected chi connectivity index (χ0v) is 10.9. The van der Waals surface area contributed by atoms with Crippen molar-refractivity contribution in [2.75, 3.05) is 11.5 Å². The fourth-order valence-electron chi connectivity index (χ4n) is 2.28. The Hall–Kier alpha value is -0.880. The number of hydrogen-bond donors (Lipinski definition) is 1. The lowest BCUT2D eigenvalue weighted by atomic mass is 9.96. The number of nitrogens with zero attached hydrogens (tertiary/aromatic N) is 2. The fourth-order valence-corrected chi connectivity index (χ4v) is 4.14. The third-order valence-electron chi connectivity index (χ3n) is 3.27. The maximum Gasteiger partial charge on any atom is 0.150 e. The van der Waals surface area contributed by atoms with E-state index in [0.29, 0.717) is 6.42 Å². The van der Waals surface area contributed by atoms with Gasteiger partial charge in [0.15, 0.2) is 9.84 Å². The van der Waals surface area contributed by atoms with Crippen LogP contribution in [0, 0.1) is 5.92 Å². The summed E-state index contributed by atoms with van der Waals surface area (Å²) in [5.74, 6) is 0.529. The predicted octanol–water partition coefficient (Wildman–Crippen LogP) is 0.728. The van der Waals surface area contributed by atoms with Gasteiger partial charge in [-0.25, -0.2) is 8.42 Å². The van der Waals surface area contributed by atoms with Gasteiger partial charge >= 0.3 is 0 Å². The summed E-state index contributed by atoms with van der Waals surface area (Å²) < 4.78 is 24.7. The zero-order valence-electron chi connectivity index (χ0n) is 10.0. The van der Waals surface area contributed by atoms with Crippen LogP contribution in [0.3, 0.4) is 0 Å². The van der Waals surface area contributed by atoms with Crippen LogP contribution in [0.25, 0.3) is 0 Å². The molecule has 6 heteroatoms. The van der Waals surface area contributed by atoms with Crippen molar-refractivity contribution >= 4 is 9.84 Å². The first-order valence-corrected chi connectivity index (χ1v) is 7.82. The summed E-state index contributed by atoms with van der Waals surface area (Å²) in [7, 11) is -2.86. The standard InChI is InChI=1S/C11H19N3O2S/c1-2-4-14-7-10(6-13-14)11(12)9-3-5-17(15,16)8-9/h6-7,9,11H,2-5,8,12H2,1H3. The fraction of sp³-hybridized carbons (Fsp3) is 0.727. The van der Waals surface area contributed by atoms with Gasteiger partial charge in [-0.05, 0) is 18.8 Å². The van der Waals surface area contributed by atoms with Crippen LogP contribution in [-0.4, -0.2) is 29.7 Å². The molecule has 5 nitrogen and oxygen atoms in total. The highest BCUT2D eigenvalue weighted by Crippen LogP contribution is 2.29. The lowest BCUT2D eigenvalue weighted by Gasteiger charge is -2.15. The van der Waals surface area contributed by atoms with Crippen molar-refractivity contribution in [2.45, 2.75) is 32.4 Å². The van der Waals surface area contributed by atoms with Crippen molar-refractivity contribution in [2.24, 2.45) is 11.7 Å². The molecule has 0 spiro atoms. The molecule has 0 radical (unpaired) electrons. The first-order chi connectivity index (χ1) is 8.02. The second kappa shape index (κ2) is 4.78. The SMILES string of the molecule is CCCn1cc(C(N)C2CCS(=O)(=O)C2)cn1. The van der Waals surface area contributed by atoms with E-state index in [9.17, 15) is 8.42 Å². The maximum atomic E-state index is 11.4. The van der Waals surface area contributed by atoms with Gasteiger partial charge in [-0.15, -0.1) is 0 Å². The number of rotatable bonds is 4. The van der Waals surface area contributed by atoms with Gasteiger partial charge in [0.25, 0.3) is 0 Å². The Labute approximate surface area is 102 Å². The molecular formula is C11H19N3O2S. The molecule has 0 amide bonds. The first-order valence-electron chi connectivity index (χ1n) is 6.00. The lowest BCUT2D eigenvalue weighted by molar-refractivity contribution is 0.479. The normalized spacial score (nSPS) is 24.9. The quantitative estimate of drug-likeness (QED) is 0.862. The summed E-state index contributed by atoms with van der Waals surface area (Å²) in [6.45, 7) is 2.96. The smallest absolute Gasteiger partial charge is 0.150 e. The topological polar surface area (TPSA) is 78.0 Å². The van der Waals surface area contributed by atoms with Crippen molar-refractivity contribution in [1.82, 2.24) is 9.78 Å². The van der Waals surface area contributed by atoms with Crippen molar-refractivity contribution in [3.63, 3.8) is 0 Å². The van der Waals surface area contributed by atoms with Crippen molar-refractivity contribution in [3.05, 3.63) is 18.0 Å². The number of aryl methyl sites for hydroxylation is 1. The van der Waals surface area contributed by atoms with E-state index in [0.717, 1.165) is 18.5 Å². The third-order valence-corrected chi connectivity index (χ3v) is 5.06. The van der Waals surface area contributed by atoms with Crippen LogP contribution >= 0.6 is 0 Å². The van der Waals surface area contributed by atoms with E-state index < -0.39 is 9.84 Å². The Morgan fingerprint density at radius 3 is 3.00 bits per heavy atom. The molecule has 1 aliphatic heterocycles. The second-order valence-corrected chi connectivity index (χ2v) is 6.95. The van der Waals surface area contributed by atoms with E-state index in [1.54, 1.807) is 6.20 Å². The number of aromatic nitrogens is 2. The molecule has 1 aromatic rings. The summed E-state index contributed by atoms with van der Waals surface area (Å²) in [6.07, 6.45) is 5.38. The van der Waals surface area contributed by atoms with Crippen LogP contribution in [0.15, 0.2) is 12.4 Å². The van der Waals surface area contributed by atoms with Crippen LogP contribution in [0.1, 0.15) is 31.4 Å². The van der Waals surface area contributed by atoms with Crippen molar-refractivity contribution in [3.8, 4) is 0 Å². The number of sulfone groups is 1. The van der Waals surface area contributed by atoms with Crippen LogP contribution in [0.2, 0.25) is 0 Å². The minimum Gasteiger partial charge on any atom is -0.324 e. The van der Waals surface area contributed by atoms with Gasteiger partial charge in [0, 0.05) is 24.3 Å². The molecular weight excluding hydrogens is 238 g/mol. The largest absolute Gasteiger partial charge is 0.324 e. The van der Waals surface area contributed by atoms with E-state index in [1.807, 2.05) is 10.9 Å². The monoisotopic (exact) mass is 257 g/mol. The molecule has 0 bridgehead atoms. The highest BCUT2D eigenvalue weighted by Gasteiger charge is 2.33. The third kappa shape index (κ3) is 2.87. The average Bonchev–Trinajstić information content (AvgIpc) is 2.85. The minimum absolute atomic E-state index is 0.0410. The summed E-state index contributed by atoms with van der Waals surface area (Å²) in [5, 5.41) is 4.22. The van der Waals surface area contributed by atoms with Gasteiger partial charge in [0.1, 0.15) is 0 Å². The molecule has 2 rings (SSSR count). The molecule has 2 unspecified atom stereocenters. The van der Waals surface area contributed by atoms with Gasteiger partial charge in [0.05, 0.1) is 17.7 Å². The number of nitrogens with two attached hydrogens (primary N) is 1. The van der Waals surface area contributed by atoms with E-state index >= 15 is 0 Å². The minimum atomic E-state index is -2.86. The zero-order chi connectivity index (χ0) is 12.5. The van der Waals surface area contributed by atoms with Crippen LogP contribution in [0.5, 0.6) is 0 Å². The van der Waals surface area contributed by atoms with Gasteiger partial charge in [0.2, 0.25) is 0 Å². The molecule has 0 aromatic carbocycles. The van der Waals surface area contributed by atoms with Gasteiger partial charge in [-0.2, -0.15) is 5.10 Å². The predicted molar refractivity (Wildman–Crippen MR) is 66.2 cm³/mol. The van der Waals surface area contributed by atoms with Crippen LogP contribution < -0.4 is 5.73 Å². The Bertz CT molecular complexity index is 481. The van der Waals surface area contributed by atoms with Crippen LogP contribution in [0.4, 0.5) is 0 Å². The Morgan fingerprint density at radius 1 is 1.65 bits per heavy atom. The van der Waals surface area contributed by atoms with E-state index in [2.05, 4.69) is 12.0 Å². The highest BCUT2D eigenvalue weighted by molar-refractivity contribution is 7.91. The molecule has 1 fully saturated rings. The molecule has 96 valence electrons. The molecule has 0 aliphatic carbocycles. The Kier molecular flexibility index (Phi) is 3.53. The molecule has 1 aliphatic rings. The molecule has 2 heterocycles. The van der Waals surface area contributed by atoms with E-state index in [1.165, 1.54) is 0 Å². The summed E-state index contributed by atoms with van der Waals surface area (Å²) in [6, 6.07) is -0.210. The average molecular weight is 257 g/mol. The Morgan fingerprint density at radius 2 is 2.41 bits per heavy atom. The molecule has 2 atom stereocenters. The summed E-state index contributed by atoms with van der Waals surface area (Å²) >= 11 is 0.